The molecule has 2 saturated carbocycles. The van der Waals surface area contributed by atoms with E-state index in [2.05, 4.69) is 27.0 Å². The highest BCUT2D eigenvalue weighted by Gasteiger charge is 2.43. The molecule has 1 amide bonds. The number of nitrogens with zero attached hydrogens (tertiary/aromatic N) is 2. The maximum absolute atomic E-state index is 13.1. The number of nitrogens with one attached hydrogen (secondary N) is 1. The molecule has 0 saturated heterocycles. The highest BCUT2D eigenvalue weighted by Crippen LogP contribution is 2.37. The highest BCUT2D eigenvalue weighted by atomic mass is 19.1. The van der Waals surface area contributed by atoms with E-state index in [-0.39, 0.29) is 5.91 Å². The number of halogens is 1. The molecule has 2 unspecified atom stereocenters. The molecule has 2 aliphatic carbocycles. The molecule has 5 rings (SSSR count). The van der Waals surface area contributed by atoms with Crippen molar-refractivity contribution in [3.8, 4) is 17.0 Å². The van der Waals surface area contributed by atoms with Crippen molar-refractivity contribution in [2.75, 3.05) is 5.32 Å². The van der Waals surface area contributed by atoms with Crippen molar-refractivity contribution in [2.24, 2.45) is 13.0 Å². The second-order valence-corrected chi connectivity index (χ2v) is 7.38. The molecule has 1 N–H and O–H groups in total. The summed E-state index contributed by atoms with van der Waals surface area (Å²) in [6.45, 7) is 0. The van der Waals surface area contributed by atoms with Crippen LogP contribution in [-0.2, 0) is 11.8 Å². The Kier molecular flexibility index (Phi) is 3.67. The monoisotopic (exact) mass is 365 g/mol. The van der Waals surface area contributed by atoms with Crippen LogP contribution < -0.4 is 10.1 Å². The van der Waals surface area contributed by atoms with Crippen LogP contribution in [0.25, 0.3) is 22.2 Å². The van der Waals surface area contributed by atoms with Crippen LogP contribution in [0.15, 0.2) is 42.6 Å². The summed E-state index contributed by atoms with van der Waals surface area (Å²) in [6, 6.07) is 11.9. The van der Waals surface area contributed by atoms with Crippen LogP contribution in [0.1, 0.15) is 19.3 Å². The summed E-state index contributed by atoms with van der Waals surface area (Å²) < 4.78 is 21.2. The van der Waals surface area contributed by atoms with Gasteiger partial charge in [0.15, 0.2) is 0 Å². The summed E-state index contributed by atoms with van der Waals surface area (Å²) in [7, 11) is 1.99. The Morgan fingerprint density at radius 2 is 2.07 bits per heavy atom. The van der Waals surface area contributed by atoms with Crippen LogP contribution in [0.3, 0.4) is 0 Å². The number of aromatic nitrogens is 2. The molecule has 0 radical (unpaired) electrons. The zero-order valence-corrected chi connectivity index (χ0v) is 15.0. The van der Waals surface area contributed by atoms with Gasteiger partial charge in [-0.05, 0) is 43.5 Å². The van der Waals surface area contributed by atoms with Gasteiger partial charge in [0.1, 0.15) is 17.7 Å². The SMILES string of the molecule is Cn1c(-c2ccccc2OC2CC2)cc2cc(NC(=O)C3CC3F)ncc21. The fourth-order valence-electron chi connectivity index (χ4n) is 3.36. The summed E-state index contributed by atoms with van der Waals surface area (Å²) in [6.07, 6.45) is 3.57. The number of pyridine rings is 1. The third kappa shape index (κ3) is 3.05. The number of carbonyl (C=O) groups is 1. The molecule has 2 heterocycles. The first-order chi connectivity index (χ1) is 13.1. The minimum absolute atomic E-state index is 0.298. The number of anilines is 1. The first-order valence-electron chi connectivity index (χ1n) is 9.26. The molecule has 2 aromatic heterocycles. The van der Waals surface area contributed by atoms with Crippen LogP contribution in [0.5, 0.6) is 5.75 Å². The van der Waals surface area contributed by atoms with E-state index < -0.39 is 12.1 Å². The molecular weight excluding hydrogens is 345 g/mol. The topological polar surface area (TPSA) is 56.1 Å². The molecule has 0 bridgehead atoms. The number of ether oxygens (including phenoxy) is 1. The molecule has 27 heavy (non-hydrogen) atoms. The fraction of sp³-hybridized carbons (Fsp3) is 0.333. The number of rotatable bonds is 5. The Bertz CT molecular complexity index is 1040. The average molecular weight is 365 g/mol. The minimum Gasteiger partial charge on any atom is -0.490 e. The number of carbonyl (C=O) groups excluding carboxylic acids is 1. The third-order valence-corrected chi connectivity index (χ3v) is 5.21. The van der Waals surface area contributed by atoms with Gasteiger partial charge in [0.25, 0.3) is 0 Å². The van der Waals surface area contributed by atoms with E-state index in [1.807, 2.05) is 31.3 Å². The Balaban J connectivity index is 1.49. The number of benzene rings is 1. The zero-order valence-electron chi connectivity index (χ0n) is 15.0. The molecule has 2 atom stereocenters. The molecule has 5 nitrogen and oxygen atoms in total. The standard InChI is InChI=1S/C21H20FN3O2/c1-25-17(14-4-2-3-5-19(14)27-13-6-7-13)8-12-9-20(23-11-18(12)25)24-21(26)15-10-16(15)22/h2-5,8-9,11,13,15-16H,6-7,10H2,1H3,(H,23,24,26). The quantitative estimate of drug-likeness (QED) is 0.741. The predicted molar refractivity (Wildman–Crippen MR) is 101 cm³/mol. The van der Waals surface area contributed by atoms with E-state index in [0.717, 1.165) is 40.8 Å². The lowest BCUT2D eigenvalue weighted by molar-refractivity contribution is -0.117. The number of amides is 1. The van der Waals surface area contributed by atoms with Gasteiger partial charge >= 0.3 is 0 Å². The maximum Gasteiger partial charge on any atom is 0.231 e. The van der Waals surface area contributed by atoms with Crippen molar-refractivity contribution in [1.82, 2.24) is 9.55 Å². The van der Waals surface area contributed by atoms with Gasteiger partial charge < -0.3 is 14.6 Å². The van der Waals surface area contributed by atoms with Gasteiger partial charge in [-0.1, -0.05) is 12.1 Å². The number of hydrogen-bond donors (Lipinski definition) is 1. The zero-order chi connectivity index (χ0) is 18.5. The van der Waals surface area contributed by atoms with E-state index in [4.69, 9.17) is 4.74 Å². The Morgan fingerprint density at radius 3 is 2.81 bits per heavy atom. The van der Waals surface area contributed by atoms with Crippen LogP contribution in [0.4, 0.5) is 10.2 Å². The molecule has 1 aromatic carbocycles. The molecule has 2 fully saturated rings. The number of alkyl halides is 1. The smallest absolute Gasteiger partial charge is 0.231 e. The largest absolute Gasteiger partial charge is 0.490 e. The Labute approximate surface area is 156 Å². The maximum atomic E-state index is 13.1. The summed E-state index contributed by atoms with van der Waals surface area (Å²) in [5.41, 5.74) is 3.02. The summed E-state index contributed by atoms with van der Waals surface area (Å²) in [4.78, 5) is 16.3. The number of hydrogen-bond acceptors (Lipinski definition) is 3. The summed E-state index contributed by atoms with van der Waals surface area (Å²) >= 11 is 0. The van der Waals surface area contributed by atoms with Crippen molar-refractivity contribution in [1.29, 1.82) is 0 Å². The van der Waals surface area contributed by atoms with Gasteiger partial charge in [0.05, 0.1) is 29.4 Å². The van der Waals surface area contributed by atoms with Gasteiger partial charge in [-0.3, -0.25) is 4.79 Å². The summed E-state index contributed by atoms with van der Waals surface area (Å²) in [5, 5.41) is 3.68. The summed E-state index contributed by atoms with van der Waals surface area (Å²) in [5.74, 6) is 0.510. The normalized spacial score (nSPS) is 21.3. The predicted octanol–water partition coefficient (Wildman–Crippen LogP) is 4.08. The number of para-hydroxylation sites is 1. The number of fused-ring (bicyclic) bond motifs is 1. The third-order valence-electron chi connectivity index (χ3n) is 5.21. The van der Waals surface area contributed by atoms with Crippen molar-refractivity contribution in [3.05, 3.63) is 42.6 Å². The van der Waals surface area contributed by atoms with Crippen LogP contribution in [-0.4, -0.2) is 27.7 Å². The molecule has 138 valence electrons. The average Bonchev–Trinajstić information content (AvgIpc) is 3.57. The van der Waals surface area contributed by atoms with E-state index in [1.165, 1.54) is 0 Å². The molecule has 3 aromatic rings. The molecular formula is C21H20FN3O2. The lowest BCUT2D eigenvalue weighted by atomic mass is 10.1. The van der Waals surface area contributed by atoms with E-state index in [1.54, 1.807) is 6.20 Å². The lowest BCUT2D eigenvalue weighted by Crippen LogP contribution is -2.15. The minimum atomic E-state index is -1.01. The van der Waals surface area contributed by atoms with Gasteiger partial charge in [-0.2, -0.15) is 0 Å². The lowest BCUT2D eigenvalue weighted by Gasteiger charge is -2.11. The second kappa shape index (κ2) is 6.08. The van der Waals surface area contributed by atoms with Crippen molar-refractivity contribution >= 4 is 22.6 Å². The first kappa shape index (κ1) is 16.3. The van der Waals surface area contributed by atoms with Gasteiger partial charge in [-0.15, -0.1) is 0 Å². The van der Waals surface area contributed by atoms with Crippen molar-refractivity contribution in [2.45, 2.75) is 31.5 Å². The fourth-order valence-corrected chi connectivity index (χ4v) is 3.36. The van der Waals surface area contributed by atoms with Crippen LogP contribution in [0, 0.1) is 5.92 Å². The van der Waals surface area contributed by atoms with Gasteiger partial charge in [-0.25, -0.2) is 9.37 Å². The molecule has 0 aliphatic heterocycles. The molecule has 6 heteroatoms. The van der Waals surface area contributed by atoms with Crippen molar-refractivity contribution in [3.63, 3.8) is 0 Å². The number of aryl methyl sites for hydroxylation is 1. The second-order valence-electron chi connectivity index (χ2n) is 7.38. The van der Waals surface area contributed by atoms with Crippen LogP contribution >= 0.6 is 0 Å². The van der Waals surface area contributed by atoms with Crippen LogP contribution in [0.2, 0.25) is 0 Å². The Hall–Kier alpha value is -2.89. The highest BCUT2D eigenvalue weighted by molar-refractivity contribution is 5.96. The first-order valence-corrected chi connectivity index (χ1v) is 9.26. The van der Waals surface area contributed by atoms with E-state index in [0.29, 0.717) is 18.3 Å². The van der Waals surface area contributed by atoms with Gasteiger partial charge in [0.2, 0.25) is 5.91 Å². The van der Waals surface area contributed by atoms with E-state index >= 15 is 0 Å². The molecule has 2 aliphatic rings. The van der Waals surface area contributed by atoms with Gasteiger partial charge in [0, 0.05) is 18.0 Å². The van der Waals surface area contributed by atoms with Crippen molar-refractivity contribution < 1.29 is 13.9 Å². The van der Waals surface area contributed by atoms with E-state index in [9.17, 15) is 9.18 Å². The Morgan fingerprint density at radius 1 is 1.30 bits per heavy atom. The molecule has 0 spiro atoms.